The normalized spacial score (nSPS) is 24.5. The molecule has 1 N–H and O–H groups in total. The predicted molar refractivity (Wildman–Crippen MR) is 77.7 cm³/mol. The molecule has 1 amide bonds. The van der Waals surface area contributed by atoms with Crippen LogP contribution in [0.15, 0.2) is 18.2 Å². The van der Waals surface area contributed by atoms with Crippen LogP contribution in [0.4, 0.5) is 0 Å². The fourth-order valence-corrected chi connectivity index (χ4v) is 3.57. The fraction of sp³-hybridized carbons (Fsp3) is 0.533. The van der Waals surface area contributed by atoms with Crippen molar-refractivity contribution in [2.24, 2.45) is 5.92 Å². The van der Waals surface area contributed by atoms with E-state index in [0.29, 0.717) is 5.92 Å². The highest BCUT2D eigenvalue weighted by atomic mass is 79.9. The van der Waals surface area contributed by atoms with Gasteiger partial charge in [-0.05, 0) is 42.4 Å². The minimum Gasteiger partial charge on any atom is -0.381 e. The molecule has 1 saturated heterocycles. The zero-order valence-corrected chi connectivity index (χ0v) is 12.4. The van der Waals surface area contributed by atoms with E-state index >= 15 is 0 Å². The first-order chi connectivity index (χ1) is 9.25. The number of fused-ring (bicyclic) bond motifs is 1. The van der Waals surface area contributed by atoms with E-state index < -0.39 is 0 Å². The molecule has 3 nitrogen and oxygen atoms in total. The van der Waals surface area contributed by atoms with Gasteiger partial charge in [0, 0.05) is 23.5 Å². The van der Waals surface area contributed by atoms with E-state index in [9.17, 15) is 4.79 Å². The van der Waals surface area contributed by atoms with Crippen LogP contribution in [-0.4, -0.2) is 25.7 Å². The smallest absolute Gasteiger partial charge is 0.251 e. The summed E-state index contributed by atoms with van der Waals surface area (Å²) in [6.45, 7) is 2.43. The Bertz CT molecular complexity index is 483. The Hall–Kier alpha value is -0.870. The second kappa shape index (κ2) is 5.63. The molecule has 0 radical (unpaired) electrons. The number of ether oxygens (including phenoxy) is 1. The molecule has 3 rings (SSSR count). The lowest BCUT2D eigenvalue weighted by Gasteiger charge is -2.27. The summed E-state index contributed by atoms with van der Waals surface area (Å²) >= 11 is 3.78. The Morgan fingerprint density at radius 1 is 1.42 bits per heavy atom. The molecular weight excluding hydrogens is 306 g/mol. The van der Waals surface area contributed by atoms with Gasteiger partial charge in [-0.25, -0.2) is 0 Å². The van der Waals surface area contributed by atoms with E-state index in [1.807, 2.05) is 6.07 Å². The molecule has 19 heavy (non-hydrogen) atoms. The second-order valence-corrected chi connectivity index (χ2v) is 6.29. The summed E-state index contributed by atoms with van der Waals surface area (Å²) in [6.07, 6.45) is 3.23. The molecule has 0 bridgehead atoms. The van der Waals surface area contributed by atoms with Gasteiger partial charge in [0.2, 0.25) is 0 Å². The topological polar surface area (TPSA) is 38.3 Å². The van der Waals surface area contributed by atoms with Crippen molar-refractivity contribution in [3.63, 3.8) is 0 Å². The van der Waals surface area contributed by atoms with Crippen LogP contribution in [0.5, 0.6) is 0 Å². The van der Waals surface area contributed by atoms with Crippen molar-refractivity contribution in [2.45, 2.75) is 24.1 Å². The third-order valence-electron chi connectivity index (χ3n) is 3.99. The molecular formula is C15H18BrNO2. The Kier molecular flexibility index (Phi) is 3.89. The average molecular weight is 324 g/mol. The molecule has 2 heterocycles. The van der Waals surface area contributed by atoms with Gasteiger partial charge < -0.3 is 10.1 Å². The molecule has 4 heteroatoms. The average Bonchev–Trinajstić information content (AvgIpc) is 2.47. The van der Waals surface area contributed by atoms with Crippen LogP contribution < -0.4 is 5.32 Å². The van der Waals surface area contributed by atoms with Crippen LogP contribution in [0.2, 0.25) is 0 Å². The molecule has 0 spiro atoms. The van der Waals surface area contributed by atoms with Crippen molar-refractivity contribution in [2.75, 3.05) is 19.8 Å². The number of carbonyl (C=O) groups is 1. The highest BCUT2D eigenvalue weighted by Crippen LogP contribution is 2.36. The molecule has 2 unspecified atom stereocenters. The van der Waals surface area contributed by atoms with E-state index in [1.165, 1.54) is 12.0 Å². The van der Waals surface area contributed by atoms with Gasteiger partial charge in [-0.15, -0.1) is 0 Å². The number of carbonyl (C=O) groups excluding carboxylic acids is 1. The minimum absolute atomic E-state index is 0.0581. The molecule has 2 atom stereocenters. The van der Waals surface area contributed by atoms with Crippen LogP contribution in [0, 0.1) is 5.92 Å². The van der Waals surface area contributed by atoms with Crippen LogP contribution in [0.1, 0.15) is 39.2 Å². The lowest BCUT2D eigenvalue weighted by atomic mass is 9.90. The summed E-state index contributed by atoms with van der Waals surface area (Å²) in [5.41, 5.74) is 3.18. The molecule has 102 valence electrons. The maximum absolute atomic E-state index is 11.9. The molecule has 2 aliphatic rings. The quantitative estimate of drug-likeness (QED) is 0.850. The lowest BCUT2D eigenvalue weighted by Crippen LogP contribution is -2.32. The second-order valence-electron chi connectivity index (χ2n) is 5.30. The van der Waals surface area contributed by atoms with Crippen LogP contribution in [-0.2, 0) is 11.2 Å². The monoisotopic (exact) mass is 323 g/mol. The van der Waals surface area contributed by atoms with E-state index in [1.54, 1.807) is 0 Å². The summed E-state index contributed by atoms with van der Waals surface area (Å²) in [7, 11) is 0. The van der Waals surface area contributed by atoms with Crippen molar-refractivity contribution < 1.29 is 9.53 Å². The van der Waals surface area contributed by atoms with Crippen molar-refractivity contribution in [3.8, 4) is 0 Å². The molecule has 2 aliphatic heterocycles. The Morgan fingerprint density at radius 3 is 3.11 bits per heavy atom. The Balaban J connectivity index is 1.84. The van der Waals surface area contributed by atoms with Gasteiger partial charge in [-0.1, -0.05) is 28.1 Å². The summed E-state index contributed by atoms with van der Waals surface area (Å²) in [5, 5.41) is 2.90. The summed E-state index contributed by atoms with van der Waals surface area (Å²) in [5.74, 6) is 0.557. The lowest BCUT2D eigenvalue weighted by molar-refractivity contribution is 0.0546. The summed E-state index contributed by atoms with van der Waals surface area (Å²) < 4.78 is 5.55. The zero-order valence-electron chi connectivity index (χ0n) is 10.8. The van der Waals surface area contributed by atoms with Crippen LogP contribution in [0.25, 0.3) is 0 Å². The van der Waals surface area contributed by atoms with Crippen molar-refractivity contribution in [1.29, 1.82) is 0 Å². The van der Waals surface area contributed by atoms with Gasteiger partial charge in [-0.2, -0.15) is 0 Å². The molecule has 0 aromatic heterocycles. The third kappa shape index (κ3) is 2.70. The van der Waals surface area contributed by atoms with Gasteiger partial charge in [0.25, 0.3) is 5.91 Å². The van der Waals surface area contributed by atoms with Gasteiger partial charge in [-0.3, -0.25) is 4.79 Å². The fourth-order valence-electron chi connectivity index (χ4n) is 2.87. The van der Waals surface area contributed by atoms with Gasteiger partial charge in [0.05, 0.1) is 6.61 Å². The standard InChI is InChI=1S/C15H18BrNO2/c16-14(12-2-1-7-19-9-12)11-4-3-10-5-6-17-15(18)13(10)8-11/h3-4,8,12,14H,1-2,5-7,9H2,(H,17,18). The number of halogens is 1. The first-order valence-electron chi connectivity index (χ1n) is 6.88. The number of alkyl halides is 1. The molecule has 1 fully saturated rings. The Labute approximate surface area is 121 Å². The van der Waals surface area contributed by atoms with E-state index in [2.05, 4.69) is 33.4 Å². The molecule has 1 aromatic rings. The van der Waals surface area contributed by atoms with Gasteiger partial charge >= 0.3 is 0 Å². The van der Waals surface area contributed by atoms with Gasteiger partial charge in [0.15, 0.2) is 0 Å². The SMILES string of the molecule is O=C1NCCc2ccc(C(Br)C3CCCOC3)cc21. The van der Waals surface area contributed by atoms with Crippen LogP contribution >= 0.6 is 15.9 Å². The zero-order chi connectivity index (χ0) is 13.2. The number of hydrogen-bond donors (Lipinski definition) is 1. The highest BCUT2D eigenvalue weighted by molar-refractivity contribution is 9.09. The maximum Gasteiger partial charge on any atom is 0.251 e. The summed E-state index contributed by atoms with van der Waals surface area (Å²) in [6, 6.07) is 6.28. The van der Waals surface area contributed by atoms with E-state index in [-0.39, 0.29) is 10.7 Å². The number of benzene rings is 1. The molecule has 1 aromatic carbocycles. The van der Waals surface area contributed by atoms with Crippen molar-refractivity contribution >= 4 is 21.8 Å². The third-order valence-corrected chi connectivity index (χ3v) is 5.26. The number of rotatable bonds is 2. The molecule has 0 saturated carbocycles. The summed E-state index contributed by atoms with van der Waals surface area (Å²) in [4.78, 5) is 12.2. The predicted octanol–water partition coefficient (Wildman–Crippen LogP) is 2.84. The number of hydrogen-bond acceptors (Lipinski definition) is 2. The highest BCUT2D eigenvalue weighted by Gasteiger charge is 2.25. The maximum atomic E-state index is 11.9. The van der Waals surface area contributed by atoms with Crippen LogP contribution in [0.3, 0.4) is 0 Å². The Morgan fingerprint density at radius 2 is 2.32 bits per heavy atom. The largest absolute Gasteiger partial charge is 0.381 e. The van der Waals surface area contributed by atoms with E-state index in [4.69, 9.17) is 4.74 Å². The first kappa shape index (κ1) is 13.1. The van der Waals surface area contributed by atoms with Crippen molar-refractivity contribution in [3.05, 3.63) is 34.9 Å². The first-order valence-corrected chi connectivity index (χ1v) is 7.80. The van der Waals surface area contributed by atoms with E-state index in [0.717, 1.165) is 43.7 Å². The minimum atomic E-state index is 0.0581. The number of nitrogens with one attached hydrogen (secondary N) is 1. The van der Waals surface area contributed by atoms with Crippen molar-refractivity contribution in [1.82, 2.24) is 5.32 Å². The van der Waals surface area contributed by atoms with Gasteiger partial charge in [0.1, 0.15) is 0 Å². The molecule has 0 aliphatic carbocycles. The number of amides is 1.